The third-order valence-corrected chi connectivity index (χ3v) is 29.3. The molecule has 8 unspecified atom stereocenters. The van der Waals surface area contributed by atoms with Crippen molar-refractivity contribution in [2.24, 2.45) is 14.1 Å². The van der Waals surface area contributed by atoms with Gasteiger partial charge in [-0.05, 0) is 198 Å². The number of nitrogens with one attached hydrogen (secondary N) is 9. The number of aromatic nitrogens is 4. The Kier molecular flexibility index (Phi) is 38.9. The van der Waals surface area contributed by atoms with E-state index in [1.54, 1.807) is 76.3 Å². The summed E-state index contributed by atoms with van der Waals surface area (Å²) in [4.78, 5) is 86.5. The average Bonchev–Trinajstić information content (AvgIpc) is 1.70. The van der Waals surface area contributed by atoms with Crippen LogP contribution >= 0.6 is 0 Å². The average molecular weight is 2020 g/mol. The van der Waals surface area contributed by atoms with Crippen LogP contribution in [0.25, 0.3) is 33.5 Å². The van der Waals surface area contributed by atoms with Crippen LogP contribution in [0, 0.1) is 96.2 Å². The molecule has 0 radical (unpaired) electrons. The first-order valence-corrected chi connectivity index (χ1v) is 51.2. The number of terminal acetylenes is 2. The zero-order valence-electron chi connectivity index (χ0n) is 81.6. The van der Waals surface area contributed by atoms with Gasteiger partial charge in [-0.3, -0.25) is 38.7 Å². The molecular weight excluding hydrogens is 1900 g/mol. The van der Waals surface area contributed by atoms with Crippen LogP contribution in [0.2, 0.25) is 0 Å². The summed E-state index contributed by atoms with van der Waals surface area (Å²) in [5, 5.41) is 64.5. The number of likely N-dealkylation sites (tertiary alicyclic amines) is 7. The summed E-state index contributed by atoms with van der Waals surface area (Å²) in [6.07, 6.45) is 32.5. The largest absolute Gasteiger partial charge is 0.348 e. The van der Waals surface area contributed by atoms with Crippen molar-refractivity contribution < 1.29 is 54.4 Å². The predicted octanol–water partition coefficient (Wildman–Crippen LogP) is 11.4. The number of nitriles is 4. The second kappa shape index (κ2) is 52.0. The molecule has 1 saturated carbocycles. The van der Waals surface area contributed by atoms with Crippen LogP contribution in [0.5, 0.6) is 0 Å². The first-order valence-electron chi connectivity index (χ1n) is 48.2. The number of nitrogens with zero attached hydrogens (tertiary/aromatic N) is 15. The van der Waals surface area contributed by atoms with Crippen molar-refractivity contribution >= 4 is 61.4 Å². The summed E-state index contributed by atoms with van der Waals surface area (Å²) in [5.41, 5.74) is 11.2. The number of carbonyl (C=O) groups excluding carboxylic acids is 6. The highest BCUT2D eigenvalue weighted by Gasteiger charge is 2.37. The number of amides is 7. The molecule has 8 aromatic carbocycles. The molecule has 762 valence electrons. The van der Waals surface area contributed by atoms with Crippen molar-refractivity contribution in [1.82, 2.24) is 95.2 Å². The van der Waals surface area contributed by atoms with E-state index in [-0.39, 0.29) is 107 Å². The van der Waals surface area contributed by atoms with E-state index in [4.69, 9.17) is 33.9 Å². The normalized spacial score (nSPS) is 19.3. The fourth-order valence-corrected chi connectivity index (χ4v) is 21.0. The lowest BCUT2D eigenvalue weighted by molar-refractivity contribution is 0.0907. The minimum absolute atomic E-state index is 0. The van der Waals surface area contributed by atoms with E-state index < -0.39 is 37.7 Å². The van der Waals surface area contributed by atoms with Crippen molar-refractivity contribution in [3.63, 3.8) is 0 Å². The van der Waals surface area contributed by atoms with E-state index in [1.807, 2.05) is 148 Å². The van der Waals surface area contributed by atoms with Gasteiger partial charge >= 0.3 is 6.03 Å². The number of urea groups is 1. The lowest BCUT2D eigenvalue weighted by atomic mass is 9.94. The summed E-state index contributed by atoms with van der Waals surface area (Å²) in [6, 6.07) is 63.1. The highest BCUT2D eigenvalue weighted by Crippen LogP contribution is 2.33. The monoisotopic (exact) mass is 2020 g/mol. The molecule has 146 heavy (non-hydrogen) atoms. The van der Waals surface area contributed by atoms with Gasteiger partial charge in [0.2, 0.25) is 20.0 Å². The lowest BCUT2D eigenvalue weighted by Crippen LogP contribution is -2.46. The minimum atomic E-state index is -3.75. The predicted molar refractivity (Wildman–Crippen MR) is 552 cm³/mol. The summed E-state index contributed by atoms with van der Waals surface area (Å²) < 4.78 is 86.1. The number of piperidine rings is 1. The number of carbonyl (C=O) groups is 6. The number of hydrogen-bond acceptors (Lipinski definition) is 23. The number of benzene rings is 8. The second-order valence-corrected chi connectivity index (χ2v) is 40.5. The van der Waals surface area contributed by atoms with Gasteiger partial charge < -0.3 is 66.2 Å². The van der Waals surface area contributed by atoms with Crippen LogP contribution in [-0.2, 0) is 34.1 Å². The first kappa shape index (κ1) is 109. The topological polar surface area (TPSA) is 432 Å². The van der Waals surface area contributed by atoms with Crippen molar-refractivity contribution in [3.8, 4) is 83.2 Å². The van der Waals surface area contributed by atoms with Crippen molar-refractivity contribution in [2.75, 3.05) is 104 Å². The minimum Gasteiger partial charge on any atom is -0.348 e. The molecule has 0 spiro atoms. The van der Waals surface area contributed by atoms with Crippen LogP contribution in [0.15, 0.2) is 222 Å². The Hall–Kier alpha value is -15.7. The molecule has 7 aliphatic heterocycles. The molecule has 38 heteroatoms. The summed E-state index contributed by atoms with van der Waals surface area (Å²) in [5.74, 6) is -2.38. The molecular formula is C108H124F2N24O10S2. The van der Waals surface area contributed by atoms with Gasteiger partial charge in [0.25, 0.3) is 29.5 Å². The molecule has 8 aliphatic rings. The molecule has 8 atom stereocenters. The zero-order chi connectivity index (χ0) is 103. The van der Waals surface area contributed by atoms with Crippen molar-refractivity contribution in [1.29, 1.82) is 21.0 Å². The number of halogens is 2. The maximum Gasteiger partial charge on any atom is 0.320 e. The summed E-state index contributed by atoms with van der Waals surface area (Å²) >= 11 is 0. The Bertz CT molecular complexity index is 6690. The molecule has 7 amide bonds. The van der Waals surface area contributed by atoms with Crippen LogP contribution in [0.3, 0.4) is 0 Å². The molecule has 0 bridgehead atoms. The second-order valence-electron chi connectivity index (χ2n) is 37.1. The van der Waals surface area contributed by atoms with Crippen LogP contribution in [-0.4, -0.2) is 253 Å². The van der Waals surface area contributed by atoms with Gasteiger partial charge in [0, 0.05) is 205 Å². The molecule has 9 N–H and O–H groups in total. The molecule has 8 fully saturated rings. The highest BCUT2D eigenvalue weighted by molar-refractivity contribution is 7.89. The van der Waals surface area contributed by atoms with E-state index in [9.17, 15) is 54.4 Å². The standard InChI is InChI=1S/C22H23F2N7O.C19H22N2O.C18H21N5O3S.C18H17N3O.C17H22N4O3S.C13H15N3O.CH4/c1-5-31-11-16(14-6-7-17(23)18(24)8-14)19(12-31)26-22(32)27-21-13(2)20(28-30(21)4)15-9-25-29(3)10-15;1-21-13-5-8-18(14-21)20-19(22)17-11-9-16(10-12-17)15-6-3-2-4-7-15;1-2-22-8-7-16(12-22)21-27(25,26)17-5-3-4-14(10-17)18(24)20-15-6-9-23(11-15)13-19;19-13-21-11-10-17(12-21)20-18(22)16-8-6-15(7-9-16)14-4-2-1-3-5-14;18-12-21-9-8-15(11-21)19-17(22)13-4-3-7-16(10-13)25(23,24)20-14-5-1-2-6-14;1-10-2-4-11(5-3-10)13(17)15-12-6-7-16(8-12)9-14;/h1,6-10,16,19H,11-12H2,2-4H3,(H2,26,27,32);2-4,6-7,9-12,18H,5,8,13-14H2,1H3,(H,20,22);1,3-5,10,15-16,21H,6-9,11-12H2,(H,20,24);1-9,17H,10-12H2,(H,20,22);3-4,7,10,14-15,20H,1-2,5-6,8-9,11H2,(H,19,22);2-5,12H,6-8H2,1H3,(H,15,17);1H4. The Morgan fingerprint density at radius 3 is 1.21 bits per heavy atom. The van der Waals surface area contributed by atoms with Gasteiger partial charge in [-0.25, -0.2) is 39.9 Å². The smallest absolute Gasteiger partial charge is 0.320 e. The van der Waals surface area contributed by atoms with Crippen LogP contribution in [0.4, 0.5) is 19.4 Å². The number of aryl methyl sites for hydroxylation is 3. The van der Waals surface area contributed by atoms with Gasteiger partial charge in [-0.15, -0.1) is 0 Å². The van der Waals surface area contributed by atoms with Gasteiger partial charge in [0.1, 0.15) is 11.5 Å². The van der Waals surface area contributed by atoms with E-state index in [1.165, 1.54) is 35.9 Å². The molecule has 10 aromatic rings. The maximum absolute atomic E-state index is 13.8. The molecule has 18 rings (SSSR count). The fraction of sp³-hybridized carbons (Fsp3) is 0.370. The molecule has 34 nitrogen and oxygen atoms in total. The SMILES string of the molecule is C.C#CN1CC(NC(=O)Nc2c(C)c(-c3cnn(C)c3)nn2C)C(c2ccc(F)c(F)c2)C1.C#CN1CCC(NS(=O)(=O)c2cccc(C(=O)NC3CCN(C#N)C3)c2)C1.CN1CCCC(NC(=O)c2ccc(-c3ccccc3)cc2)C1.Cc1ccc(C(=O)NC2CCN(C#N)C2)cc1.N#CN1CCC(NC(=O)c2ccc(-c3ccccc3)cc2)C1.N#CN1CCC(NC(=O)c2cccc(S(=O)(=O)NC3CCCC3)c2)C1. The molecule has 9 heterocycles. The van der Waals surface area contributed by atoms with Crippen LogP contribution < -0.4 is 46.7 Å². The van der Waals surface area contributed by atoms with Crippen LogP contribution in [0.1, 0.15) is 152 Å². The quantitative estimate of drug-likeness (QED) is 0.0225. The molecule has 7 saturated heterocycles. The van der Waals surface area contributed by atoms with E-state index in [0.717, 1.165) is 128 Å². The summed E-state index contributed by atoms with van der Waals surface area (Å²) in [6.45, 7) is 12.7. The fourth-order valence-electron chi connectivity index (χ4n) is 18.4. The van der Waals surface area contributed by atoms with E-state index in [0.29, 0.717) is 119 Å². The van der Waals surface area contributed by atoms with Gasteiger partial charge in [0.15, 0.2) is 36.4 Å². The number of anilines is 1. The van der Waals surface area contributed by atoms with Crippen molar-refractivity contribution in [2.45, 2.75) is 156 Å². The summed E-state index contributed by atoms with van der Waals surface area (Å²) in [7, 11) is -1.71. The highest BCUT2D eigenvalue weighted by atomic mass is 32.2. The number of hydrogen-bond donors (Lipinski definition) is 9. The third kappa shape index (κ3) is 30.7. The molecule has 1 aliphatic carbocycles. The first-order chi connectivity index (χ1) is 69.8. The Labute approximate surface area is 853 Å². The Morgan fingerprint density at radius 2 is 0.801 bits per heavy atom. The lowest BCUT2D eigenvalue weighted by Gasteiger charge is -2.30. The number of rotatable bonds is 22. The van der Waals surface area contributed by atoms with E-state index >= 15 is 0 Å². The Morgan fingerprint density at radius 1 is 0.397 bits per heavy atom. The van der Waals surface area contributed by atoms with Gasteiger partial charge in [-0.2, -0.15) is 31.2 Å². The number of likely N-dealkylation sites (N-methyl/N-ethyl adjacent to an activating group) is 1. The number of sulfonamides is 2. The molecule has 2 aromatic heterocycles. The zero-order valence-corrected chi connectivity index (χ0v) is 83.2. The van der Waals surface area contributed by atoms with Gasteiger partial charge in [-0.1, -0.05) is 154 Å². The van der Waals surface area contributed by atoms with E-state index in [2.05, 4.69) is 118 Å². The Balaban J connectivity index is 0.000000157. The van der Waals surface area contributed by atoms with Crippen molar-refractivity contribution in [3.05, 3.63) is 269 Å². The third-order valence-electron chi connectivity index (χ3n) is 26.3. The van der Waals surface area contributed by atoms with Gasteiger partial charge in [0.05, 0.1) is 22.0 Å². The maximum atomic E-state index is 13.8.